The number of piperidine rings is 1. The zero-order valence-electron chi connectivity index (χ0n) is 17.7. The van der Waals surface area contributed by atoms with Gasteiger partial charge in [0.05, 0.1) is 7.11 Å². The van der Waals surface area contributed by atoms with Gasteiger partial charge in [0.2, 0.25) is 0 Å². The quantitative estimate of drug-likeness (QED) is 0.640. The summed E-state index contributed by atoms with van der Waals surface area (Å²) in [5.41, 5.74) is 1.39. The maximum Gasteiger partial charge on any atom is 0.185 e. The first-order valence-corrected chi connectivity index (χ1v) is 11.0. The molecule has 1 atom stereocenters. The third-order valence-corrected chi connectivity index (χ3v) is 6.55. The summed E-state index contributed by atoms with van der Waals surface area (Å²) in [5, 5.41) is 1.09. The van der Waals surface area contributed by atoms with Crippen LogP contribution in [0, 0.1) is 5.92 Å². The summed E-state index contributed by atoms with van der Waals surface area (Å²) >= 11 is 1.79. The zero-order chi connectivity index (χ0) is 19.9. The Morgan fingerprint density at radius 3 is 2.68 bits per heavy atom. The highest BCUT2D eigenvalue weighted by Gasteiger charge is 2.21. The normalized spacial score (nSPS) is 17.8. The Kier molecular flexibility index (Phi) is 7.71. The molecule has 5 nitrogen and oxygen atoms in total. The van der Waals surface area contributed by atoms with Gasteiger partial charge in [-0.1, -0.05) is 12.1 Å². The van der Waals surface area contributed by atoms with E-state index in [9.17, 15) is 0 Å². The van der Waals surface area contributed by atoms with E-state index in [-0.39, 0.29) is 0 Å². The Bertz CT molecular complexity index is 716. The summed E-state index contributed by atoms with van der Waals surface area (Å²) in [6.07, 6.45) is 5.79. The lowest BCUT2D eigenvalue weighted by molar-refractivity contribution is 0.142. The molecule has 0 spiro atoms. The molecule has 2 aromatic rings. The molecule has 0 radical (unpaired) electrons. The second-order valence-electron chi connectivity index (χ2n) is 8.11. The molecule has 1 aromatic heterocycles. The number of thiazole rings is 1. The minimum absolute atomic E-state index is 0.760. The second kappa shape index (κ2) is 10.2. The lowest BCUT2D eigenvalue weighted by Gasteiger charge is -2.34. The van der Waals surface area contributed by atoms with Gasteiger partial charge in [-0.05, 0) is 56.5 Å². The van der Waals surface area contributed by atoms with Gasteiger partial charge in [-0.3, -0.25) is 0 Å². The van der Waals surface area contributed by atoms with E-state index in [1.165, 1.54) is 36.4 Å². The molecular weight excluding hydrogens is 368 g/mol. The fraction of sp³-hybridized carbons (Fsp3) is 0.591. The van der Waals surface area contributed by atoms with Gasteiger partial charge in [0.25, 0.3) is 0 Å². The molecule has 1 fully saturated rings. The van der Waals surface area contributed by atoms with Crippen LogP contribution in [-0.2, 0) is 13.0 Å². The molecule has 0 saturated carbocycles. The van der Waals surface area contributed by atoms with Gasteiger partial charge in [0.15, 0.2) is 5.13 Å². The van der Waals surface area contributed by atoms with E-state index in [0.29, 0.717) is 0 Å². The largest absolute Gasteiger partial charge is 0.497 e. The lowest BCUT2D eigenvalue weighted by atomic mass is 9.97. The van der Waals surface area contributed by atoms with Crippen LogP contribution in [0.3, 0.4) is 0 Å². The number of anilines is 1. The number of aromatic nitrogens is 1. The molecule has 1 unspecified atom stereocenters. The van der Waals surface area contributed by atoms with Crippen molar-refractivity contribution in [3.05, 3.63) is 40.9 Å². The first-order valence-electron chi connectivity index (χ1n) is 10.2. The molecule has 154 valence electrons. The highest BCUT2D eigenvalue weighted by Crippen LogP contribution is 2.23. The average molecular weight is 403 g/mol. The van der Waals surface area contributed by atoms with Gasteiger partial charge in [-0.25, -0.2) is 4.98 Å². The Morgan fingerprint density at radius 1 is 1.21 bits per heavy atom. The Labute approximate surface area is 173 Å². The van der Waals surface area contributed by atoms with Gasteiger partial charge in [0.1, 0.15) is 5.75 Å². The molecule has 6 heteroatoms. The Balaban J connectivity index is 1.43. The fourth-order valence-corrected chi connectivity index (χ4v) is 4.84. The van der Waals surface area contributed by atoms with Crippen LogP contribution in [0.15, 0.2) is 30.5 Å². The SMILES string of the molecule is COc1ccc(CCN2CCCC(CN(C)Cc3cnc(N(C)C)s3)C2)cc1. The van der Waals surface area contributed by atoms with E-state index in [1.807, 2.05) is 6.20 Å². The first kappa shape index (κ1) is 21.1. The van der Waals surface area contributed by atoms with Gasteiger partial charge in [-0.2, -0.15) is 0 Å². The Hall–Kier alpha value is -1.63. The van der Waals surface area contributed by atoms with Crippen molar-refractivity contribution in [2.24, 2.45) is 5.92 Å². The van der Waals surface area contributed by atoms with Crippen molar-refractivity contribution >= 4 is 16.5 Å². The van der Waals surface area contributed by atoms with Crippen LogP contribution in [0.5, 0.6) is 5.75 Å². The third kappa shape index (κ3) is 6.19. The first-order chi connectivity index (χ1) is 13.5. The van der Waals surface area contributed by atoms with Crippen LogP contribution in [-0.4, -0.2) is 69.2 Å². The number of ether oxygens (including phenoxy) is 1. The third-order valence-electron chi connectivity index (χ3n) is 5.40. The topological polar surface area (TPSA) is 31.8 Å². The molecule has 28 heavy (non-hydrogen) atoms. The number of hydrogen-bond donors (Lipinski definition) is 0. The molecule has 0 bridgehead atoms. The summed E-state index contributed by atoms with van der Waals surface area (Å²) in [6, 6.07) is 8.49. The van der Waals surface area contributed by atoms with Crippen LogP contribution in [0.4, 0.5) is 5.13 Å². The minimum atomic E-state index is 0.760. The predicted octanol–water partition coefficient (Wildman–Crippen LogP) is 3.60. The van der Waals surface area contributed by atoms with Crippen molar-refractivity contribution in [1.29, 1.82) is 0 Å². The van der Waals surface area contributed by atoms with E-state index in [2.05, 4.69) is 65.1 Å². The Morgan fingerprint density at radius 2 is 2.00 bits per heavy atom. The molecular formula is C22H34N4OS. The number of methoxy groups -OCH3 is 1. The predicted molar refractivity (Wildman–Crippen MR) is 119 cm³/mol. The zero-order valence-corrected chi connectivity index (χ0v) is 18.5. The van der Waals surface area contributed by atoms with Crippen LogP contribution in [0.25, 0.3) is 0 Å². The smallest absolute Gasteiger partial charge is 0.185 e. The molecule has 0 N–H and O–H groups in total. The second-order valence-corrected chi connectivity index (χ2v) is 9.20. The maximum absolute atomic E-state index is 5.25. The standard InChI is InChI=1S/C22H34N4OS/c1-24(2)22-23-14-21(28-22)17-25(3)15-19-6-5-12-26(16-19)13-11-18-7-9-20(27-4)10-8-18/h7-10,14,19H,5-6,11-13,15-17H2,1-4H3. The lowest BCUT2D eigenvalue weighted by Crippen LogP contribution is -2.40. The van der Waals surface area contributed by atoms with Gasteiger partial charge in [-0.15, -0.1) is 11.3 Å². The molecule has 0 aliphatic carbocycles. The highest BCUT2D eigenvalue weighted by atomic mass is 32.1. The molecule has 3 rings (SSSR count). The van der Waals surface area contributed by atoms with Crippen LogP contribution in [0.1, 0.15) is 23.3 Å². The highest BCUT2D eigenvalue weighted by molar-refractivity contribution is 7.15. The van der Waals surface area contributed by atoms with Crippen molar-refractivity contribution in [1.82, 2.24) is 14.8 Å². The van der Waals surface area contributed by atoms with Crippen LogP contribution >= 0.6 is 11.3 Å². The fourth-order valence-electron chi connectivity index (χ4n) is 3.93. The summed E-state index contributed by atoms with van der Waals surface area (Å²) in [5.74, 6) is 1.69. The minimum Gasteiger partial charge on any atom is -0.497 e. The van der Waals surface area contributed by atoms with Gasteiger partial charge in [0, 0.05) is 51.3 Å². The number of nitrogens with zero attached hydrogens (tertiary/aromatic N) is 4. The summed E-state index contributed by atoms with van der Waals surface area (Å²) in [6.45, 7) is 5.75. The van der Waals surface area contributed by atoms with Crippen molar-refractivity contribution in [2.75, 3.05) is 59.3 Å². The summed E-state index contributed by atoms with van der Waals surface area (Å²) < 4.78 is 5.25. The van der Waals surface area contributed by atoms with E-state index in [0.717, 1.165) is 42.9 Å². The molecule has 1 saturated heterocycles. The van der Waals surface area contributed by atoms with Crippen molar-refractivity contribution in [3.63, 3.8) is 0 Å². The van der Waals surface area contributed by atoms with Gasteiger partial charge >= 0.3 is 0 Å². The van der Waals surface area contributed by atoms with E-state index < -0.39 is 0 Å². The maximum atomic E-state index is 5.25. The van der Waals surface area contributed by atoms with Crippen LogP contribution < -0.4 is 9.64 Å². The van der Waals surface area contributed by atoms with Crippen molar-refractivity contribution < 1.29 is 4.74 Å². The molecule has 1 aromatic carbocycles. The van der Waals surface area contributed by atoms with Gasteiger partial charge < -0.3 is 19.4 Å². The number of hydrogen-bond acceptors (Lipinski definition) is 6. The van der Waals surface area contributed by atoms with E-state index in [1.54, 1.807) is 18.4 Å². The van der Waals surface area contributed by atoms with Crippen molar-refractivity contribution in [3.8, 4) is 5.75 Å². The molecule has 2 heterocycles. The average Bonchev–Trinajstić information content (AvgIpc) is 3.16. The monoisotopic (exact) mass is 402 g/mol. The number of likely N-dealkylation sites (tertiary alicyclic amines) is 1. The molecule has 1 aliphatic heterocycles. The number of benzene rings is 1. The van der Waals surface area contributed by atoms with Crippen LogP contribution in [0.2, 0.25) is 0 Å². The van der Waals surface area contributed by atoms with E-state index >= 15 is 0 Å². The number of rotatable bonds is 9. The van der Waals surface area contributed by atoms with Crippen molar-refractivity contribution in [2.45, 2.75) is 25.8 Å². The molecule has 0 amide bonds. The molecule has 1 aliphatic rings. The summed E-state index contributed by atoms with van der Waals surface area (Å²) in [4.78, 5) is 13.0. The summed E-state index contributed by atoms with van der Waals surface area (Å²) in [7, 11) is 8.06. The van der Waals surface area contributed by atoms with E-state index in [4.69, 9.17) is 4.74 Å².